The van der Waals surface area contributed by atoms with E-state index in [0.717, 1.165) is 12.8 Å². The Morgan fingerprint density at radius 3 is 3.00 bits per heavy atom. The number of aromatic nitrogens is 1. The topological polar surface area (TPSA) is 80.3 Å². The van der Waals surface area contributed by atoms with Crippen molar-refractivity contribution in [3.63, 3.8) is 0 Å². The fraction of sp³-hybridized carbons (Fsp3) is 0.583. The van der Waals surface area contributed by atoms with Gasteiger partial charge in [-0.1, -0.05) is 0 Å². The van der Waals surface area contributed by atoms with Crippen LogP contribution in [-0.4, -0.2) is 36.1 Å². The van der Waals surface area contributed by atoms with Crippen LogP contribution in [0.4, 0.5) is 5.13 Å². The zero-order chi connectivity index (χ0) is 13.7. The molecule has 2 N–H and O–H groups in total. The van der Waals surface area contributed by atoms with Gasteiger partial charge in [0, 0.05) is 24.4 Å². The number of ether oxygens (including phenoxy) is 1. The zero-order valence-corrected chi connectivity index (χ0v) is 11.6. The van der Waals surface area contributed by atoms with Gasteiger partial charge in [-0.3, -0.25) is 4.79 Å². The summed E-state index contributed by atoms with van der Waals surface area (Å²) in [4.78, 5) is 26.9. The first-order valence-corrected chi connectivity index (χ1v) is 7.23. The van der Waals surface area contributed by atoms with Crippen LogP contribution in [0.2, 0.25) is 0 Å². The van der Waals surface area contributed by atoms with Gasteiger partial charge in [0.15, 0.2) is 10.8 Å². The van der Waals surface area contributed by atoms with Gasteiger partial charge < -0.3 is 15.4 Å². The molecule has 0 atom stereocenters. The molecule has 1 aliphatic carbocycles. The molecular weight excluding hydrogens is 266 g/mol. The lowest BCUT2D eigenvalue weighted by Gasteiger charge is -2.03. The predicted molar refractivity (Wildman–Crippen MR) is 72.3 cm³/mol. The summed E-state index contributed by atoms with van der Waals surface area (Å²) in [6.45, 7) is 2.59. The number of esters is 1. The Bertz CT molecular complexity index is 457. The van der Waals surface area contributed by atoms with E-state index in [1.807, 2.05) is 0 Å². The molecule has 0 saturated heterocycles. The lowest BCUT2D eigenvalue weighted by molar-refractivity contribution is -0.120. The molecule has 0 spiro atoms. The SMILES string of the molecule is CCOC(=O)c1csc(NCCC(=O)NC2CC2)n1. The highest BCUT2D eigenvalue weighted by atomic mass is 32.1. The van der Waals surface area contributed by atoms with Crippen molar-refractivity contribution in [1.29, 1.82) is 0 Å². The Morgan fingerprint density at radius 1 is 1.53 bits per heavy atom. The smallest absolute Gasteiger partial charge is 0.357 e. The number of amides is 1. The van der Waals surface area contributed by atoms with Gasteiger partial charge in [0.05, 0.1) is 6.61 Å². The molecule has 6 nitrogen and oxygen atoms in total. The molecule has 1 amide bonds. The van der Waals surface area contributed by atoms with Crippen LogP contribution in [0.15, 0.2) is 5.38 Å². The first kappa shape index (κ1) is 13.8. The molecule has 104 valence electrons. The maximum atomic E-state index is 11.4. The molecule has 0 aromatic carbocycles. The summed E-state index contributed by atoms with van der Waals surface area (Å²) in [5.74, 6) is -0.365. The average molecular weight is 283 g/mol. The van der Waals surface area contributed by atoms with Crippen LogP contribution in [0.5, 0.6) is 0 Å². The van der Waals surface area contributed by atoms with Crippen LogP contribution in [0.25, 0.3) is 0 Å². The molecule has 0 bridgehead atoms. The molecule has 1 fully saturated rings. The minimum absolute atomic E-state index is 0.0529. The van der Waals surface area contributed by atoms with Crippen molar-refractivity contribution in [2.45, 2.75) is 32.2 Å². The van der Waals surface area contributed by atoms with Crippen LogP contribution in [-0.2, 0) is 9.53 Å². The Hall–Kier alpha value is -1.63. The van der Waals surface area contributed by atoms with Crippen molar-refractivity contribution >= 4 is 28.3 Å². The van der Waals surface area contributed by atoms with Crippen molar-refractivity contribution in [3.05, 3.63) is 11.1 Å². The number of nitrogens with one attached hydrogen (secondary N) is 2. The lowest BCUT2D eigenvalue weighted by atomic mass is 10.4. The van der Waals surface area contributed by atoms with Crippen molar-refractivity contribution in [1.82, 2.24) is 10.3 Å². The minimum Gasteiger partial charge on any atom is -0.461 e. The van der Waals surface area contributed by atoms with Gasteiger partial charge in [0.25, 0.3) is 0 Å². The summed E-state index contributed by atoms with van der Waals surface area (Å²) in [5, 5.41) is 8.21. The standard InChI is InChI=1S/C12H17N3O3S/c1-2-18-11(17)9-7-19-12(15-9)13-6-5-10(16)14-8-3-4-8/h7-8H,2-6H2,1H3,(H,13,15)(H,14,16). The molecule has 2 rings (SSSR count). The lowest BCUT2D eigenvalue weighted by Crippen LogP contribution is -2.27. The van der Waals surface area contributed by atoms with E-state index in [0.29, 0.717) is 36.4 Å². The third-order valence-corrected chi connectivity index (χ3v) is 3.36. The second-order valence-electron chi connectivity index (χ2n) is 4.28. The van der Waals surface area contributed by atoms with Crippen molar-refractivity contribution < 1.29 is 14.3 Å². The zero-order valence-electron chi connectivity index (χ0n) is 10.8. The van der Waals surface area contributed by atoms with Gasteiger partial charge in [0.2, 0.25) is 5.91 Å². The Balaban J connectivity index is 1.70. The van der Waals surface area contributed by atoms with E-state index in [1.165, 1.54) is 11.3 Å². The molecule has 1 saturated carbocycles. The third-order valence-electron chi connectivity index (χ3n) is 2.56. The third kappa shape index (κ3) is 4.51. The summed E-state index contributed by atoms with van der Waals surface area (Å²) < 4.78 is 4.85. The number of carbonyl (C=O) groups is 2. The normalized spacial score (nSPS) is 13.9. The highest BCUT2D eigenvalue weighted by Gasteiger charge is 2.22. The van der Waals surface area contributed by atoms with Crippen LogP contribution in [0, 0.1) is 0 Å². The number of carbonyl (C=O) groups excluding carboxylic acids is 2. The van der Waals surface area contributed by atoms with Crippen LogP contribution >= 0.6 is 11.3 Å². The number of hydrogen-bond acceptors (Lipinski definition) is 6. The van der Waals surface area contributed by atoms with Crippen LogP contribution in [0.3, 0.4) is 0 Å². The van der Waals surface area contributed by atoms with E-state index in [2.05, 4.69) is 15.6 Å². The van der Waals surface area contributed by atoms with Gasteiger partial charge >= 0.3 is 5.97 Å². The molecule has 7 heteroatoms. The summed E-state index contributed by atoms with van der Waals surface area (Å²) >= 11 is 1.33. The average Bonchev–Trinajstić information content (AvgIpc) is 3.05. The largest absolute Gasteiger partial charge is 0.461 e. The Morgan fingerprint density at radius 2 is 2.32 bits per heavy atom. The summed E-state index contributed by atoms with van der Waals surface area (Å²) in [6.07, 6.45) is 2.59. The predicted octanol–water partition coefficient (Wildman–Crippen LogP) is 1.40. The summed E-state index contributed by atoms with van der Waals surface area (Å²) in [5.41, 5.74) is 0.303. The molecule has 1 aromatic heterocycles. The fourth-order valence-electron chi connectivity index (χ4n) is 1.46. The van der Waals surface area contributed by atoms with Gasteiger partial charge in [-0.15, -0.1) is 11.3 Å². The Kier molecular flexibility index (Phi) is 4.73. The van der Waals surface area contributed by atoms with Crippen molar-refractivity contribution in [2.75, 3.05) is 18.5 Å². The highest BCUT2D eigenvalue weighted by molar-refractivity contribution is 7.13. The fourth-order valence-corrected chi connectivity index (χ4v) is 2.17. The van der Waals surface area contributed by atoms with Gasteiger partial charge in [0.1, 0.15) is 0 Å². The number of anilines is 1. The molecular formula is C12H17N3O3S. The first-order valence-electron chi connectivity index (χ1n) is 6.35. The number of hydrogen-bond donors (Lipinski definition) is 2. The molecule has 1 aliphatic rings. The van der Waals surface area contributed by atoms with E-state index in [9.17, 15) is 9.59 Å². The molecule has 0 unspecified atom stereocenters. The summed E-state index contributed by atoms with van der Waals surface area (Å²) in [7, 11) is 0. The number of nitrogens with zero attached hydrogens (tertiary/aromatic N) is 1. The van der Waals surface area contributed by atoms with E-state index >= 15 is 0 Å². The van der Waals surface area contributed by atoms with Gasteiger partial charge in [-0.05, 0) is 19.8 Å². The molecule has 19 heavy (non-hydrogen) atoms. The second-order valence-corrected chi connectivity index (χ2v) is 5.14. The van der Waals surface area contributed by atoms with Crippen molar-refractivity contribution in [2.24, 2.45) is 0 Å². The number of rotatable bonds is 7. The van der Waals surface area contributed by atoms with Crippen LogP contribution < -0.4 is 10.6 Å². The quantitative estimate of drug-likeness (QED) is 0.739. The monoisotopic (exact) mass is 283 g/mol. The van der Waals surface area contributed by atoms with E-state index < -0.39 is 5.97 Å². The van der Waals surface area contributed by atoms with Crippen molar-refractivity contribution in [3.8, 4) is 0 Å². The molecule has 1 heterocycles. The molecule has 0 aliphatic heterocycles. The second kappa shape index (κ2) is 6.51. The summed E-state index contributed by atoms with van der Waals surface area (Å²) in [6, 6.07) is 0.391. The van der Waals surface area contributed by atoms with E-state index in [4.69, 9.17) is 4.74 Å². The maximum Gasteiger partial charge on any atom is 0.357 e. The van der Waals surface area contributed by atoms with E-state index in [-0.39, 0.29) is 5.91 Å². The number of thiazole rings is 1. The molecule has 0 radical (unpaired) electrons. The van der Waals surface area contributed by atoms with Crippen LogP contribution in [0.1, 0.15) is 36.7 Å². The van der Waals surface area contributed by atoms with E-state index in [1.54, 1.807) is 12.3 Å². The Labute approximate surface area is 115 Å². The van der Waals surface area contributed by atoms with Gasteiger partial charge in [-0.2, -0.15) is 0 Å². The highest BCUT2D eigenvalue weighted by Crippen LogP contribution is 2.19. The maximum absolute atomic E-state index is 11.4. The first-order chi connectivity index (χ1) is 9.19. The van der Waals surface area contributed by atoms with Gasteiger partial charge in [-0.25, -0.2) is 9.78 Å². The minimum atomic E-state index is -0.418. The molecule has 1 aromatic rings.